The number of allylic oxidation sites excluding steroid dienone is 4. The lowest BCUT2D eigenvalue weighted by Gasteiger charge is -2.30. The Bertz CT molecular complexity index is 7370. The fourth-order valence-corrected chi connectivity index (χ4v) is 20.0. The molecule has 22 rings (SSSR count). The molecule has 0 bridgehead atoms. The van der Waals surface area contributed by atoms with Gasteiger partial charge in [-0.1, -0.05) is 380 Å². The molecule has 120 heavy (non-hydrogen) atoms. The molecule has 0 aliphatic heterocycles. The Balaban J connectivity index is 0.620. The van der Waals surface area contributed by atoms with E-state index in [9.17, 15) is 0 Å². The highest BCUT2D eigenvalue weighted by Gasteiger charge is 2.39. The Hall–Kier alpha value is -14.7. The van der Waals surface area contributed by atoms with Crippen molar-refractivity contribution in [3.05, 3.63) is 458 Å². The molecule has 0 spiro atoms. The zero-order valence-electron chi connectivity index (χ0n) is 67.7. The first kappa shape index (κ1) is 71.8. The maximum atomic E-state index is 2.55. The van der Waals surface area contributed by atoms with Crippen molar-refractivity contribution in [2.75, 3.05) is 9.80 Å². The Morgan fingerprint density at radius 3 is 1.09 bits per heavy atom. The van der Waals surface area contributed by atoms with Crippen LogP contribution in [0.1, 0.15) is 73.9 Å². The van der Waals surface area contributed by atoms with E-state index < -0.39 is 0 Å². The van der Waals surface area contributed by atoms with Gasteiger partial charge in [0.25, 0.3) is 0 Å². The fourth-order valence-electron chi connectivity index (χ4n) is 20.0. The number of nitrogens with zero attached hydrogens (tertiary/aromatic N) is 2. The Labute approximate surface area is 702 Å². The molecule has 0 atom stereocenters. The first-order valence-electron chi connectivity index (χ1n) is 42.2. The monoisotopic (exact) mass is 1530 g/mol. The summed E-state index contributed by atoms with van der Waals surface area (Å²) in [4.78, 5) is 5.08. The third-order valence-corrected chi connectivity index (χ3v) is 26.2. The summed E-state index contributed by atoms with van der Waals surface area (Å²) in [5.74, 6) is 0. The summed E-state index contributed by atoms with van der Waals surface area (Å²) in [6, 6.07) is 155. The zero-order chi connectivity index (χ0) is 80.2. The molecular formula is C118H86N2. The van der Waals surface area contributed by atoms with Crippen molar-refractivity contribution in [2.45, 2.75) is 51.4 Å². The summed E-state index contributed by atoms with van der Waals surface area (Å²) in [7, 11) is 0. The molecule has 0 heterocycles. The molecule has 0 N–H and O–H groups in total. The van der Waals surface area contributed by atoms with E-state index in [2.05, 4.69) is 462 Å². The average Bonchev–Trinajstić information content (AvgIpc) is 1.69. The van der Waals surface area contributed by atoms with Crippen LogP contribution in [0.25, 0.3) is 154 Å². The van der Waals surface area contributed by atoms with Crippen LogP contribution in [0.15, 0.2) is 425 Å². The lowest BCUT2D eigenvalue weighted by Crippen LogP contribution is -2.17. The van der Waals surface area contributed by atoms with Gasteiger partial charge >= 0.3 is 0 Å². The van der Waals surface area contributed by atoms with Gasteiger partial charge in [-0.3, -0.25) is 0 Å². The van der Waals surface area contributed by atoms with Crippen LogP contribution in [-0.2, 0) is 10.8 Å². The van der Waals surface area contributed by atoms with Gasteiger partial charge in [-0.2, -0.15) is 0 Å². The maximum Gasteiger partial charge on any atom is 0.0546 e. The van der Waals surface area contributed by atoms with E-state index in [4.69, 9.17) is 0 Å². The minimum absolute atomic E-state index is 0.185. The summed E-state index contributed by atoms with van der Waals surface area (Å²) < 4.78 is 0. The highest BCUT2D eigenvalue weighted by Crippen LogP contribution is 2.56. The summed E-state index contributed by atoms with van der Waals surface area (Å²) in [5.41, 5.74) is 38.6. The largest absolute Gasteiger partial charge is 0.310 e. The Morgan fingerprint density at radius 1 is 0.183 bits per heavy atom. The predicted molar refractivity (Wildman–Crippen MR) is 511 cm³/mol. The third kappa shape index (κ3) is 12.3. The number of anilines is 6. The molecule has 19 aromatic rings. The van der Waals surface area contributed by atoms with Gasteiger partial charge in [-0.25, -0.2) is 0 Å². The van der Waals surface area contributed by atoms with Crippen molar-refractivity contribution in [1.29, 1.82) is 0 Å². The molecule has 3 aliphatic carbocycles. The second-order valence-electron chi connectivity index (χ2n) is 33.7. The fraction of sp³-hybridized carbons (Fsp3) is 0.0678. The molecule has 2 nitrogen and oxygen atoms in total. The van der Waals surface area contributed by atoms with E-state index in [0.29, 0.717) is 0 Å². The number of hydrogen-bond donors (Lipinski definition) is 0. The van der Waals surface area contributed by atoms with Crippen molar-refractivity contribution in [1.82, 2.24) is 0 Å². The van der Waals surface area contributed by atoms with Crippen LogP contribution in [0.2, 0.25) is 0 Å². The van der Waals surface area contributed by atoms with Crippen LogP contribution in [0.3, 0.4) is 0 Å². The van der Waals surface area contributed by atoms with E-state index in [-0.39, 0.29) is 10.8 Å². The molecule has 0 unspecified atom stereocenters. The van der Waals surface area contributed by atoms with Gasteiger partial charge in [-0.05, 0) is 263 Å². The summed E-state index contributed by atoms with van der Waals surface area (Å²) in [6.07, 6.45) is 6.60. The van der Waals surface area contributed by atoms with Gasteiger partial charge in [0.2, 0.25) is 0 Å². The number of fused-ring (bicyclic) bond motifs is 12. The second kappa shape index (κ2) is 29.2. The third-order valence-electron chi connectivity index (χ3n) is 26.2. The lowest BCUT2D eigenvalue weighted by molar-refractivity contribution is 0.660. The summed E-state index contributed by atoms with van der Waals surface area (Å²) in [6.45, 7) is 9.63. The lowest BCUT2D eigenvalue weighted by atomic mass is 9.81. The van der Waals surface area contributed by atoms with E-state index in [0.717, 1.165) is 58.1 Å². The summed E-state index contributed by atoms with van der Waals surface area (Å²) >= 11 is 0. The molecule has 0 radical (unpaired) electrons. The molecular weight excluding hydrogens is 1450 g/mol. The van der Waals surface area contributed by atoms with Crippen LogP contribution < -0.4 is 9.80 Å². The minimum Gasteiger partial charge on any atom is -0.310 e. The molecule has 0 saturated carbocycles. The zero-order valence-corrected chi connectivity index (χ0v) is 67.7. The van der Waals surface area contributed by atoms with Crippen molar-refractivity contribution < 1.29 is 0 Å². The van der Waals surface area contributed by atoms with Crippen molar-refractivity contribution in [3.8, 4) is 100 Å². The standard InChI is InChI=1S/C118H86N2/c1-117(2)111-46-25-24-43-103(111)105-67-62-93(75-113(105)117)119(115-71-89-33-14-16-38-96(89)100-41-20-22-44-107(100)115)91-60-65-98(88-36-26-35-86(69-88)78-29-10-6-11-30-78)109(73-91)84-55-53-81(54-56-84)80-47-49-82(50-48-80)87-59-64-104-106-68-63-94(76-114(106)118(3,4)112(104)70-87)120(116-72-90-34-15-17-39-97(90)101-42-21-23-45-108(101)116)92-61-66-102(99-40-19-18-37-95(99)83-31-12-7-13-32-83)110(74-92)85-57-51-79(52-58-85)77-27-8-5-9-28-77/h5-53,55,57-76H,54,56H2,1-4H3. The van der Waals surface area contributed by atoms with Crippen molar-refractivity contribution in [3.63, 3.8) is 0 Å². The SMILES string of the molecule is CC1(C)c2ccccc2-c2ccc(N(c3ccc(-c4cccc(-c5ccccc5)c4)c(C4=CC=C(c5ccc(-c6ccc7c(c6)C(C)(C)c6cc(N(c8ccc(-c9ccccc9-c9ccccc9)c(-c9ccc(-c%10ccccc%10)cc9)c8)c8cc9ccccc9c9ccccc89)ccc6-7)cc5)CC4)c3)c3cc4ccccc4c4ccccc34)cc21. The Morgan fingerprint density at radius 2 is 0.517 bits per heavy atom. The van der Waals surface area contributed by atoms with Crippen LogP contribution in [-0.4, -0.2) is 0 Å². The van der Waals surface area contributed by atoms with Gasteiger partial charge < -0.3 is 9.80 Å². The van der Waals surface area contributed by atoms with E-state index in [1.807, 2.05) is 0 Å². The van der Waals surface area contributed by atoms with E-state index in [1.54, 1.807) is 0 Å². The molecule has 19 aromatic carbocycles. The van der Waals surface area contributed by atoms with Gasteiger partial charge in [0.15, 0.2) is 0 Å². The smallest absolute Gasteiger partial charge is 0.0546 e. The quantitative estimate of drug-likeness (QED) is 0.0944. The number of rotatable bonds is 15. The highest BCUT2D eigenvalue weighted by atomic mass is 15.2. The van der Waals surface area contributed by atoms with Crippen molar-refractivity contribution >= 4 is 88.4 Å². The van der Waals surface area contributed by atoms with Gasteiger partial charge in [0.1, 0.15) is 0 Å². The first-order chi connectivity index (χ1) is 59.0. The van der Waals surface area contributed by atoms with E-state index >= 15 is 0 Å². The average molecular weight is 1530 g/mol. The molecule has 3 aliphatic rings. The molecule has 0 aromatic heterocycles. The highest BCUT2D eigenvalue weighted by molar-refractivity contribution is 6.17. The van der Waals surface area contributed by atoms with Gasteiger partial charge in [0.05, 0.1) is 11.4 Å². The first-order valence-corrected chi connectivity index (χ1v) is 42.2. The predicted octanol–water partition coefficient (Wildman–Crippen LogP) is 32.8. The van der Waals surface area contributed by atoms with Crippen LogP contribution in [0, 0.1) is 0 Å². The molecule has 0 fully saturated rings. The molecule has 0 amide bonds. The Kier molecular flexibility index (Phi) is 17.5. The van der Waals surface area contributed by atoms with Gasteiger partial charge in [0, 0.05) is 44.4 Å². The van der Waals surface area contributed by atoms with Crippen LogP contribution in [0.4, 0.5) is 34.1 Å². The van der Waals surface area contributed by atoms with Crippen LogP contribution in [0.5, 0.6) is 0 Å². The van der Waals surface area contributed by atoms with Gasteiger partial charge in [-0.15, -0.1) is 0 Å². The van der Waals surface area contributed by atoms with Crippen molar-refractivity contribution in [2.24, 2.45) is 0 Å². The number of hydrogen-bond acceptors (Lipinski definition) is 2. The number of benzene rings is 19. The molecule has 568 valence electrons. The molecule has 0 saturated heterocycles. The molecule has 2 heteroatoms. The minimum atomic E-state index is -0.333. The normalized spacial score (nSPS) is 13.5. The second-order valence-corrected chi connectivity index (χ2v) is 33.7. The van der Waals surface area contributed by atoms with Crippen LogP contribution >= 0.6 is 0 Å². The maximum absolute atomic E-state index is 2.55. The summed E-state index contributed by atoms with van der Waals surface area (Å²) in [5, 5.41) is 9.77. The van der Waals surface area contributed by atoms with E-state index in [1.165, 1.54) is 177 Å². The topological polar surface area (TPSA) is 6.48 Å².